The fourth-order valence-corrected chi connectivity index (χ4v) is 3.44. The Hall–Kier alpha value is -1.23. The standard InChI is InChI=1S/C18H42N6.C3H3N3/c1-19(2)10-7-13-22-16-23(14-8-11-20(3)4)18-24(17-22)15-9-12-21(5)6;1-2-4-6-5-3-1/h7-18H2,1-6H3;1-3H. The zero-order valence-corrected chi connectivity index (χ0v) is 20.2. The van der Waals surface area contributed by atoms with Crippen LogP contribution in [0.25, 0.3) is 0 Å². The van der Waals surface area contributed by atoms with Crippen molar-refractivity contribution in [3.63, 3.8) is 0 Å². The second-order valence-electron chi connectivity index (χ2n) is 8.89. The Labute approximate surface area is 184 Å². The molecule has 0 amide bonds. The Morgan fingerprint density at radius 3 is 1.13 bits per heavy atom. The lowest BCUT2D eigenvalue weighted by Gasteiger charge is -2.42. The van der Waals surface area contributed by atoms with Crippen LogP contribution < -0.4 is 0 Å². The Morgan fingerprint density at radius 1 is 0.600 bits per heavy atom. The average molecular weight is 424 g/mol. The van der Waals surface area contributed by atoms with Crippen molar-refractivity contribution in [1.29, 1.82) is 0 Å². The highest BCUT2D eigenvalue weighted by Gasteiger charge is 2.22. The minimum absolute atomic E-state index is 1.13. The fraction of sp³-hybridized carbons (Fsp3) is 0.857. The number of nitrogens with zero attached hydrogens (tertiary/aromatic N) is 9. The SMILES string of the molecule is CN(C)CCCN1CN(CCCN(C)C)CN(CCCN(C)C)C1.c1cnnnc1. The van der Waals surface area contributed by atoms with Gasteiger partial charge in [-0.05, 0) is 92.5 Å². The smallest absolute Gasteiger partial charge is 0.0530 e. The van der Waals surface area contributed by atoms with Gasteiger partial charge in [-0.15, -0.1) is 10.2 Å². The molecule has 0 radical (unpaired) electrons. The molecule has 0 unspecified atom stereocenters. The first-order valence-electron chi connectivity index (χ1n) is 11.1. The van der Waals surface area contributed by atoms with Crippen molar-refractivity contribution in [3.05, 3.63) is 18.5 Å². The van der Waals surface area contributed by atoms with Gasteiger partial charge in [-0.3, -0.25) is 14.7 Å². The lowest BCUT2D eigenvalue weighted by molar-refractivity contribution is -0.0320. The summed E-state index contributed by atoms with van der Waals surface area (Å²) in [6.07, 6.45) is 6.91. The van der Waals surface area contributed by atoms with Crippen LogP contribution >= 0.6 is 0 Å². The first-order chi connectivity index (χ1) is 14.4. The number of hydrogen-bond acceptors (Lipinski definition) is 9. The third-order valence-corrected chi connectivity index (χ3v) is 4.85. The Bertz CT molecular complexity index is 418. The zero-order valence-electron chi connectivity index (χ0n) is 20.2. The molecule has 1 fully saturated rings. The van der Waals surface area contributed by atoms with Crippen LogP contribution in [-0.2, 0) is 0 Å². The molecule has 9 nitrogen and oxygen atoms in total. The molecule has 0 bridgehead atoms. The molecular formula is C21H45N9. The molecule has 1 saturated heterocycles. The monoisotopic (exact) mass is 423 g/mol. The Balaban J connectivity index is 0.000000637. The van der Waals surface area contributed by atoms with E-state index in [1.165, 1.54) is 58.5 Å². The van der Waals surface area contributed by atoms with Crippen molar-refractivity contribution < 1.29 is 0 Å². The van der Waals surface area contributed by atoms with Crippen LogP contribution in [0, 0.1) is 0 Å². The molecule has 2 heterocycles. The summed E-state index contributed by atoms with van der Waals surface area (Å²) >= 11 is 0. The van der Waals surface area contributed by atoms with Gasteiger partial charge in [0, 0.05) is 19.6 Å². The normalized spacial score (nSPS) is 16.3. The summed E-state index contributed by atoms with van der Waals surface area (Å²) in [6.45, 7) is 10.5. The van der Waals surface area contributed by atoms with Crippen molar-refractivity contribution in [2.75, 3.05) is 102 Å². The third kappa shape index (κ3) is 14.7. The van der Waals surface area contributed by atoms with Gasteiger partial charge in [0.25, 0.3) is 0 Å². The number of aromatic nitrogens is 3. The van der Waals surface area contributed by atoms with E-state index in [0.29, 0.717) is 0 Å². The Kier molecular flexibility index (Phi) is 14.7. The minimum Gasteiger partial charge on any atom is -0.309 e. The molecule has 0 N–H and O–H groups in total. The highest BCUT2D eigenvalue weighted by atomic mass is 15.5. The fourth-order valence-electron chi connectivity index (χ4n) is 3.44. The molecular weight excluding hydrogens is 378 g/mol. The van der Waals surface area contributed by atoms with Crippen molar-refractivity contribution in [1.82, 2.24) is 44.8 Å². The van der Waals surface area contributed by atoms with Gasteiger partial charge in [-0.25, -0.2) is 0 Å². The van der Waals surface area contributed by atoms with E-state index in [0.717, 1.165) is 20.0 Å². The summed E-state index contributed by atoms with van der Waals surface area (Å²) in [6, 6.07) is 1.72. The molecule has 0 aliphatic carbocycles. The summed E-state index contributed by atoms with van der Waals surface area (Å²) in [4.78, 5) is 14.7. The predicted molar refractivity (Wildman–Crippen MR) is 124 cm³/mol. The van der Waals surface area contributed by atoms with E-state index in [4.69, 9.17) is 0 Å². The van der Waals surface area contributed by atoms with E-state index in [1.807, 2.05) is 0 Å². The number of rotatable bonds is 12. The molecule has 1 aliphatic heterocycles. The lowest BCUT2D eigenvalue weighted by atomic mass is 10.3. The molecule has 0 aromatic carbocycles. The van der Waals surface area contributed by atoms with Crippen LogP contribution in [0.2, 0.25) is 0 Å². The molecule has 9 heteroatoms. The van der Waals surface area contributed by atoms with E-state index in [1.54, 1.807) is 18.5 Å². The lowest BCUT2D eigenvalue weighted by Crippen LogP contribution is -2.55. The van der Waals surface area contributed by atoms with Crippen LogP contribution in [0.4, 0.5) is 0 Å². The van der Waals surface area contributed by atoms with Gasteiger partial charge in [-0.2, -0.15) is 0 Å². The van der Waals surface area contributed by atoms with Gasteiger partial charge in [0.15, 0.2) is 0 Å². The highest BCUT2D eigenvalue weighted by Crippen LogP contribution is 2.10. The maximum Gasteiger partial charge on any atom is 0.0530 e. The van der Waals surface area contributed by atoms with Crippen LogP contribution in [0.1, 0.15) is 19.3 Å². The summed E-state index contributed by atoms with van der Waals surface area (Å²) in [5.41, 5.74) is 0. The topological polar surface area (TPSA) is 58.1 Å². The quantitative estimate of drug-likeness (QED) is 0.478. The number of hydrogen-bond donors (Lipinski definition) is 0. The molecule has 1 aromatic heterocycles. The van der Waals surface area contributed by atoms with Crippen LogP contribution in [0.3, 0.4) is 0 Å². The molecule has 2 rings (SSSR count). The van der Waals surface area contributed by atoms with Crippen LogP contribution in [0.5, 0.6) is 0 Å². The summed E-state index contributed by atoms with van der Waals surface area (Å²) in [7, 11) is 13.0. The van der Waals surface area contributed by atoms with Crippen molar-refractivity contribution in [2.45, 2.75) is 19.3 Å². The molecule has 0 atom stereocenters. The van der Waals surface area contributed by atoms with Crippen LogP contribution in [0.15, 0.2) is 18.5 Å². The maximum absolute atomic E-state index is 3.42. The summed E-state index contributed by atoms with van der Waals surface area (Å²) in [5, 5.41) is 10.1. The second kappa shape index (κ2) is 16.5. The largest absolute Gasteiger partial charge is 0.309 e. The molecule has 1 aliphatic rings. The van der Waals surface area contributed by atoms with Gasteiger partial charge in [0.1, 0.15) is 0 Å². The van der Waals surface area contributed by atoms with Gasteiger partial charge >= 0.3 is 0 Å². The third-order valence-electron chi connectivity index (χ3n) is 4.85. The summed E-state index contributed by atoms with van der Waals surface area (Å²) in [5.74, 6) is 0. The minimum atomic E-state index is 1.13. The van der Waals surface area contributed by atoms with E-state index in [-0.39, 0.29) is 0 Å². The van der Waals surface area contributed by atoms with Crippen molar-refractivity contribution >= 4 is 0 Å². The molecule has 1 aromatic rings. The van der Waals surface area contributed by atoms with Crippen LogP contribution in [-0.4, -0.2) is 146 Å². The van der Waals surface area contributed by atoms with Crippen molar-refractivity contribution in [3.8, 4) is 0 Å². The Morgan fingerprint density at radius 2 is 0.933 bits per heavy atom. The van der Waals surface area contributed by atoms with Gasteiger partial charge in [0.2, 0.25) is 0 Å². The average Bonchev–Trinajstić information content (AvgIpc) is 2.69. The van der Waals surface area contributed by atoms with E-state index >= 15 is 0 Å². The maximum atomic E-state index is 3.42. The van der Waals surface area contributed by atoms with E-state index in [2.05, 4.69) is 87.1 Å². The zero-order chi connectivity index (χ0) is 22.2. The van der Waals surface area contributed by atoms with E-state index in [9.17, 15) is 0 Å². The van der Waals surface area contributed by atoms with E-state index < -0.39 is 0 Å². The van der Waals surface area contributed by atoms with Gasteiger partial charge in [0.05, 0.1) is 32.4 Å². The first kappa shape index (κ1) is 26.8. The van der Waals surface area contributed by atoms with Gasteiger partial charge in [-0.1, -0.05) is 0 Å². The predicted octanol–water partition coefficient (Wildman–Crippen LogP) is 0.505. The molecule has 174 valence electrons. The molecule has 0 saturated carbocycles. The summed E-state index contributed by atoms with van der Waals surface area (Å²) < 4.78 is 0. The van der Waals surface area contributed by atoms with Crippen molar-refractivity contribution in [2.24, 2.45) is 0 Å². The molecule has 0 spiro atoms. The second-order valence-corrected chi connectivity index (χ2v) is 8.89. The highest BCUT2D eigenvalue weighted by molar-refractivity contribution is 4.71. The van der Waals surface area contributed by atoms with Gasteiger partial charge < -0.3 is 14.7 Å². The first-order valence-corrected chi connectivity index (χ1v) is 11.1. The molecule has 30 heavy (non-hydrogen) atoms.